The molecule has 0 aromatic carbocycles. The van der Waals surface area contributed by atoms with Crippen LogP contribution in [0, 0.1) is 0 Å². The minimum absolute atomic E-state index is 0.0950. The van der Waals surface area contributed by atoms with Crippen molar-refractivity contribution in [2.24, 2.45) is 0 Å². The van der Waals surface area contributed by atoms with Gasteiger partial charge in [-0.25, -0.2) is 4.79 Å². The van der Waals surface area contributed by atoms with Crippen LogP contribution in [0.5, 0.6) is 0 Å². The van der Waals surface area contributed by atoms with Gasteiger partial charge in [0.15, 0.2) is 5.15 Å². The van der Waals surface area contributed by atoms with Crippen molar-refractivity contribution in [3.63, 3.8) is 0 Å². The maximum absolute atomic E-state index is 11.4. The molecule has 0 aliphatic carbocycles. The lowest BCUT2D eigenvalue weighted by atomic mass is 10.2. The van der Waals surface area contributed by atoms with Crippen molar-refractivity contribution >= 4 is 45.4 Å². The maximum atomic E-state index is 11.4. The first-order valence-electron chi connectivity index (χ1n) is 6.38. The summed E-state index contributed by atoms with van der Waals surface area (Å²) in [6.45, 7) is 6.51. The summed E-state index contributed by atoms with van der Waals surface area (Å²) < 4.78 is 5.67. The van der Waals surface area contributed by atoms with Gasteiger partial charge in [0.25, 0.3) is 0 Å². The molecule has 7 nitrogen and oxygen atoms in total. The molecule has 0 radical (unpaired) electrons. The highest BCUT2D eigenvalue weighted by Gasteiger charge is 2.15. The molecular formula is C12H19BrClN5O2. The van der Waals surface area contributed by atoms with Crippen molar-refractivity contribution in [2.45, 2.75) is 32.8 Å². The summed E-state index contributed by atoms with van der Waals surface area (Å²) in [5.41, 5.74) is 5.02. The summed E-state index contributed by atoms with van der Waals surface area (Å²) in [6, 6.07) is 0. The fourth-order valence-corrected chi connectivity index (χ4v) is 1.85. The number of alkyl carbamates (subject to hydrolysis) is 1. The highest BCUT2D eigenvalue weighted by atomic mass is 79.9. The van der Waals surface area contributed by atoms with Gasteiger partial charge in [0.2, 0.25) is 5.95 Å². The largest absolute Gasteiger partial charge is 0.444 e. The third-order valence-corrected chi connectivity index (χ3v) is 3.40. The molecule has 0 bridgehead atoms. The predicted octanol–water partition coefficient (Wildman–Crippen LogP) is 2.80. The third-order valence-electron chi connectivity index (χ3n) is 2.14. The van der Waals surface area contributed by atoms with Crippen molar-refractivity contribution in [3.05, 3.63) is 9.63 Å². The highest BCUT2D eigenvalue weighted by molar-refractivity contribution is 9.10. The number of halogens is 2. The zero-order valence-electron chi connectivity index (χ0n) is 12.2. The smallest absolute Gasteiger partial charge is 0.407 e. The summed E-state index contributed by atoms with van der Waals surface area (Å²) in [6.07, 6.45) is 0.255. The van der Waals surface area contributed by atoms with Crippen molar-refractivity contribution in [1.82, 2.24) is 15.3 Å². The molecule has 0 saturated heterocycles. The molecule has 1 amide bonds. The molecule has 21 heavy (non-hydrogen) atoms. The van der Waals surface area contributed by atoms with Crippen LogP contribution in [-0.2, 0) is 4.74 Å². The maximum Gasteiger partial charge on any atom is 0.407 e. The minimum Gasteiger partial charge on any atom is -0.444 e. The number of hydrogen-bond acceptors (Lipinski definition) is 6. The average molecular weight is 381 g/mol. The lowest BCUT2D eigenvalue weighted by Crippen LogP contribution is -2.33. The molecule has 1 aromatic heterocycles. The Labute approximate surface area is 137 Å². The van der Waals surface area contributed by atoms with Crippen LogP contribution in [0.25, 0.3) is 0 Å². The first-order valence-corrected chi connectivity index (χ1v) is 7.55. The number of amides is 1. The van der Waals surface area contributed by atoms with Gasteiger partial charge in [-0.3, -0.25) is 0 Å². The number of nitrogen functional groups attached to an aromatic ring is 1. The summed E-state index contributed by atoms with van der Waals surface area (Å²) >= 11 is 9.15. The molecule has 0 aliphatic heterocycles. The Morgan fingerprint density at radius 3 is 2.67 bits per heavy atom. The number of hydrogen-bond donors (Lipinski definition) is 3. The molecular weight excluding hydrogens is 362 g/mol. The van der Waals surface area contributed by atoms with Gasteiger partial charge in [-0.1, -0.05) is 11.6 Å². The molecule has 0 spiro atoms. The van der Waals surface area contributed by atoms with Crippen molar-refractivity contribution in [2.75, 3.05) is 24.1 Å². The molecule has 118 valence electrons. The summed E-state index contributed by atoms with van der Waals surface area (Å²) in [5.74, 6) is 0.613. The van der Waals surface area contributed by atoms with E-state index < -0.39 is 11.7 Å². The van der Waals surface area contributed by atoms with Crippen molar-refractivity contribution < 1.29 is 9.53 Å². The first kappa shape index (κ1) is 17.8. The zero-order chi connectivity index (χ0) is 16.0. The number of carbonyl (C=O) groups is 1. The van der Waals surface area contributed by atoms with Gasteiger partial charge in [0.05, 0.1) is 4.47 Å². The van der Waals surface area contributed by atoms with E-state index in [2.05, 4.69) is 36.5 Å². The van der Waals surface area contributed by atoms with Crippen LogP contribution in [0.2, 0.25) is 5.15 Å². The number of nitrogens with two attached hydrogens (primary N) is 1. The number of anilines is 2. The highest BCUT2D eigenvalue weighted by Crippen LogP contribution is 2.27. The Morgan fingerprint density at radius 2 is 2.05 bits per heavy atom. The van der Waals surface area contributed by atoms with Gasteiger partial charge >= 0.3 is 6.09 Å². The molecule has 0 unspecified atom stereocenters. The van der Waals surface area contributed by atoms with Gasteiger partial charge in [-0.15, -0.1) is 0 Å². The van der Waals surface area contributed by atoms with Crippen molar-refractivity contribution in [1.29, 1.82) is 0 Å². The number of ether oxygens (including phenoxy) is 1. The Morgan fingerprint density at radius 1 is 1.38 bits per heavy atom. The third kappa shape index (κ3) is 6.81. The van der Waals surface area contributed by atoms with Crippen LogP contribution in [0.15, 0.2) is 4.47 Å². The van der Waals surface area contributed by atoms with Gasteiger partial charge in [0, 0.05) is 13.1 Å². The molecule has 9 heteroatoms. The fraction of sp³-hybridized carbons (Fsp3) is 0.583. The van der Waals surface area contributed by atoms with Gasteiger partial charge in [0.1, 0.15) is 11.4 Å². The second kappa shape index (κ2) is 7.65. The van der Waals surface area contributed by atoms with Crippen LogP contribution in [0.1, 0.15) is 27.2 Å². The summed E-state index contributed by atoms with van der Waals surface area (Å²) in [5, 5.41) is 5.98. The molecule has 0 saturated carbocycles. The van der Waals surface area contributed by atoms with E-state index in [1.54, 1.807) is 0 Å². The van der Waals surface area contributed by atoms with E-state index in [-0.39, 0.29) is 11.1 Å². The van der Waals surface area contributed by atoms with Gasteiger partial charge in [-0.2, -0.15) is 9.97 Å². The van der Waals surface area contributed by atoms with E-state index in [9.17, 15) is 4.79 Å². The number of aromatic nitrogens is 2. The zero-order valence-corrected chi connectivity index (χ0v) is 14.5. The Kier molecular flexibility index (Phi) is 6.47. The second-order valence-corrected chi connectivity index (χ2v) is 6.40. The van der Waals surface area contributed by atoms with E-state index in [1.807, 2.05) is 20.8 Å². The Hall–Kier alpha value is -1.28. The minimum atomic E-state index is -0.498. The lowest BCUT2D eigenvalue weighted by Gasteiger charge is -2.19. The summed E-state index contributed by atoms with van der Waals surface area (Å²) in [4.78, 5) is 19.3. The fourth-order valence-electron chi connectivity index (χ4n) is 1.35. The molecule has 0 aliphatic rings. The average Bonchev–Trinajstić information content (AvgIpc) is 2.32. The van der Waals surface area contributed by atoms with E-state index in [4.69, 9.17) is 22.1 Å². The van der Waals surface area contributed by atoms with Gasteiger partial charge in [-0.05, 0) is 43.1 Å². The molecule has 0 fully saturated rings. The Balaban J connectivity index is 2.31. The Bertz CT molecular complexity index is 507. The molecule has 1 rings (SSSR count). The van der Waals surface area contributed by atoms with Crippen LogP contribution >= 0.6 is 27.5 Å². The normalized spacial score (nSPS) is 11.1. The first-order chi connectivity index (χ1) is 9.69. The van der Waals surface area contributed by atoms with Crippen LogP contribution in [0.3, 0.4) is 0 Å². The SMILES string of the molecule is CC(C)(C)OC(=O)NCCCNc1nc(N)nc(Cl)c1Br. The van der Waals surface area contributed by atoms with Crippen LogP contribution < -0.4 is 16.4 Å². The monoisotopic (exact) mass is 379 g/mol. The number of nitrogens with zero attached hydrogens (tertiary/aromatic N) is 2. The predicted molar refractivity (Wildman–Crippen MR) is 86.5 cm³/mol. The molecule has 1 heterocycles. The molecule has 4 N–H and O–H groups in total. The van der Waals surface area contributed by atoms with E-state index in [0.29, 0.717) is 29.8 Å². The second-order valence-electron chi connectivity index (χ2n) is 5.24. The molecule has 0 atom stereocenters. The molecule has 1 aromatic rings. The van der Waals surface area contributed by atoms with E-state index in [0.717, 1.165) is 0 Å². The number of carbonyl (C=O) groups excluding carboxylic acids is 1. The number of nitrogens with one attached hydrogen (secondary N) is 2. The quantitative estimate of drug-likeness (QED) is 0.536. The standard InChI is InChI=1S/C12H19BrClN5O2/c1-12(2,3)21-11(20)17-6-4-5-16-9-7(13)8(14)18-10(15)19-9/h4-6H2,1-3H3,(H,17,20)(H3,15,16,18,19). The summed E-state index contributed by atoms with van der Waals surface area (Å²) in [7, 11) is 0. The van der Waals surface area contributed by atoms with Crippen molar-refractivity contribution in [3.8, 4) is 0 Å². The van der Waals surface area contributed by atoms with E-state index >= 15 is 0 Å². The topological polar surface area (TPSA) is 102 Å². The van der Waals surface area contributed by atoms with Crippen LogP contribution in [0.4, 0.5) is 16.6 Å². The van der Waals surface area contributed by atoms with Gasteiger partial charge < -0.3 is 21.1 Å². The number of rotatable bonds is 5. The van der Waals surface area contributed by atoms with E-state index in [1.165, 1.54) is 0 Å². The lowest BCUT2D eigenvalue weighted by molar-refractivity contribution is 0.0528. The van der Waals surface area contributed by atoms with Crippen LogP contribution in [-0.4, -0.2) is 34.8 Å².